The molecular formula is C11H10N4O2. The second-order valence-corrected chi connectivity index (χ2v) is 3.60. The van der Waals surface area contributed by atoms with E-state index >= 15 is 0 Å². The van der Waals surface area contributed by atoms with Crippen molar-refractivity contribution in [2.24, 2.45) is 0 Å². The Balaban J connectivity index is 2.39. The van der Waals surface area contributed by atoms with E-state index in [1.54, 1.807) is 31.3 Å². The number of nitriles is 1. The molecule has 0 fully saturated rings. The second-order valence-electron chi connectivity index (χ2n) is 3.60. The lowest BCUT2D eigenvalue weighted by Crippen LogP contribution is -2.25. The van der Waals surface area contributed by atoms with Crippen molar-refractivity contribution in [1.29, 1.82) is 5.26 Å². The van der Waals surface area contributed by atoms with Crippen molar-refractivity contribution >= 4 is 22.6 Å². The van der Waals surface area contributed by atoms with Gasteiger partial charge in [-0.05, 0) is 18.2 Å². The molecule has 0 saturated carbocycles. The van der Waals surface area contributed by atoms with Crippen molar-refractivity contribution in [3.63, 3.8) is 0 Å². The maximum Gasteiger partial charge on any atom is 0.323 e. The standard InChI is InChI=1S/C11H10N4O2/c1-15(10(16)4-5-12)7-2-3-8-9(6-7)14-11(17)13-8/h2-3,6H,4H2,1H3,(H2,13,14,17). The summed E-state index contributed by atoms with van der Waals surface area (Å²) in [7, 11) is 1.59. The highest BCUT2D eigenvalue weighted by molar-refractivity contribution is 5.95. The summed E-state index contributed by atoms with van der Waals surface area (Å²) in [6.07, 6.45) is -0.168. The largest absolute Gasteiger partial charge is 0.323 e. The van der Waals surface area contributed by atoms with Gasteiger partial charge in [0, 0.05) is 12.7 Å². The number of hydrogen-bond acceptors (Lipinski definition) is 3. The number of nitrogens with one attached hydrogen (secondary N) is 2. The Labute approximate surface area is 96.5 Å². The first-order chi connectivity index (χ1) is 8.11. The summed E-state index contributed by atoms with van der Waals surface area (Å²) in [5.74, 6) is -0.287. The number of rotatable bonds is 2. The molecule has 0 atom stereocenters. The first-order valence-corrected chi connectivity index (χ1v) is 4.97. The number of hydrogen-bond donors (Lipinski definition) is 2. The number of aromatic nitrogens is 2. The Morgan fingerprint density at radius 2 is 2.12 bits per heavy atom. The first kappa shape index (κ1) is 11.0. The minimum absolute atomic E-state index is 0.168. The molecule has 2 rings (SSSR count). The fraction of sp³-hybridized carbons (Fsp3) is 0.182. The van der Waals surface area contributed by atoms with Crippen molar-refractivity contribution in [3.05, 3.63) is 28.7 Å². The van der Waals surface area contributed by atoms with Gasteiger partial charge in [0.2, 0.25) is 5.91 Å². The first-order valence-electron chi connectivity index (χ1n) is 4.97. The van der Waals surface area contributed by atoms with E-state index in [0.717, 1.165) is 0 Å². The van der Waals surface area contributed by atoms with Crippen LogP contribution in [0.25, 0.3) is 11.0 Å². The molecule has 0 aliphatic heterocycles. The van der Waals surface area contributed by atoms with E-state index in [1.165, 1.54) is 4.90 Å². The highest BCUT2D eigenvalue weighted by Gasteiger charge is 2.11. The van der Waals surface area contributed by atoms with Gasteiger partial charge >= 0.3 is 5.69 Å². The van der Waals surface area contributed by atoms with Gasteiger partial charge in [-0.3, -0.25) is 4.79 Å². The van der Waals surface area contributed by atoms with Crippen molar-refractivity contribution < 1.29 is 4.79 Å². The van der Waals surface area contributed by atoms with Gasteiger partial charge in [0.05, 0.1) is 17.1 Å². The molecule has 2 aromatic rings. The van der Waals surface area contributed by atoms with Crippen molar-refractivity contribution in [2.45, 2.75) is 6.42 Å². The van der Waals surface area contributed by atoms with E-state index < -0.39 is 0 Å². The van der Waals surface area contributed by atoms with Gasteiger partial charge in [-0.1, -0.05) is 0 Å². The van der Waals surface area contributed by atoms with E-state index in [2.05, 4.69) is 9.97 Å². The molecular weight excluding hydrogens is 220 g/mol. The third-order valence-corrected chi connectivity index (χ3v) is 2.49. The van der Waals surface area contributed by atoms with Crippen LogP contribution in [0.5, 0.6) is 0 Å². The average Bonchev–Trinajstić information content (AvgIpc) is 2.67. The zero-order valence-electron chi connectivity index (χ0n) is 9.15. The Morgan fingerprint density at radius 1 is 1.41 bits per heavy atom. The zero-order chi connectivity index (χ0) is 12.4. The zero-order valence-corrected chi connectivity index (χ0v) is 9.15. The van der Waals surface area contributed by atoms with Crippen molar-refractivity contribution in [2.75, 3.05) is 11.9 Å². The van der Waals surface area contributed by atoms with Crippen molar-refractivity contribution in [1.82, 2.24) is 9.97 Å². The highest BCUT2D eigenvalue weighted by atomic mass is 16.2. The summed E-state index contributed by atoms with van der Waals surface area (Å²) in [5.41, 5.74) is 1.65. The fourth-order valence-corrected chi connectivity index (χ4v) is 1.56. The minimum atomic E-state index is -0.289. The summed E-state index contributed by atoms with van der Waals surface area (Å²) in [4.78, 5) is 29.2. The summed E-state index contributed by atoms with van der Waals surface area (Å²) in [5, 5.41) is 8.46. The van der Waals surface area contributed by atoms with Crippen LogP contribution in [0.2, 0.25) is 0 Å². The molecule has 1 aromatic carbocycles. The van der Waals surface area contributed by atoms with E-state index in [9.17, 15) is 9.59 Å². The monoisotopic (exact) mass is 230 g/mol. The van der Waals surface area contributed by atoms with Crippen LogP contribution in [0.15, 0.2) is 23.0 Å². The van der Waals surface area contributed by atoms with Crippen LogP contribution in [0.3, 0.4) is 0 Å². The predicted molar refractivity (Wildman–Crippen MR) is 62.6 cm³/mol. The molecule has 6 nitrogen and oxygen atoms in total. The van der Waals surface area contributed by atoms with Crippen LogP contribution >= 0.6 is 0 Å². The van der Waals surface area contributed by atoms with Gasteiger partial charge in [0.1, 0.15) is 6.42 Å². The number of H-pyrrole nitrogens is 2. The average molecular weight is 230 g/mol. The number of nitrogens with zero attached hydrogens (tertiary/aromatic N) is 2. The van der Waals surface area contributed by atoms with Crippen LogP contribution in [0.1, 0.15) is 6.42 Å². The number of fused-ring (bicyclic) bond motifs is 1. The van der Waals surface area contributed by atoms with Crippen LogP contribution < -0.4 is 10.6 Å². The maximum atomic E-state index is 11.5. The van der Waals surface area contributed by atoms with E-state index in [-0.39, 0.29) is 18.0 Å². The molecule has 0 unspecified atom stereocenters. The molecule has 6 heteroatoms. The van der Waals surface area contributed by atoms with Gasteiger partial charge in [0.15, 0.2) is 0 Å². The number of anilines is 1. The van der Waals surface area contributed by atoms with Crippen LogP contribution in [0.4, 0.5) is 5.69 Å². The number of benzene rings is 1. The number of imidazole rings is 1. The van der Waals surface area contributed by atoms with Crippen molar-refractivity contribution in [3.8, 4) is 6.07 Å². The Hall–Kier alpha value is -2.55. The lowest BCUT2D eigenvalue weighted by molar-refractivity contribution is -0.117. The molecule has 1 heterocycles. The molecule has 0 aliphatic carbocycles. The summed E-state index contributed by atoms with van der Waals surface area (Å²) in [6.45, 7) is 0. The summed E-state index contributed by atoms with van der Waals surface area (Å²) in [6, 6.07) is 6.90. The number of amides is 1. The maximum absolute atomic E-state index is 11.5. The summed E-state index contributed by atoms with van der Waals surface area (Å²) < 4.78 is 0. The Kier molecular flexibility index (Phi) is 2.66. The fourth-order valence-electron chi connectivity index (χ4n) is 1.56. The molecule has 86 valence electrons. The SMILES string of the molecule is CN(C(=O)CC#N)c1ccc2[nH]c(=O)[nH]c2c1. The van der Waals surface area contributed by atoms with Gasteiger partial charge in [-0.15, -0.1) is 0 Å². The molecule has 0 saturated heterocycles. The second kappa shape index (κ2) is 4.14. The Bertz CT molecular complexity index is 662. The van der Waals surface area contributed by atoms with Crippen LogP contribution in [-0.4, -0.2) is 22.9 Å². The van der Waals surface area contributed by atoms with Gasteiger partial charge in [-0.25, -0.2) is 4.79 Å². The van der Waals surface area contributed by atoms with E-state index in [0.29, 0.717) is 16.7 Å². The molecule has 0 spiro atoms. The molecule has 0 bridgehead atoms. The molecule has 1 aromatic heterocycles. The minimum Gasteiger partial charge on any atom is -0.315 e. The molecule has 17 heavy (non-hydrogen) atoms. The Morgan fingerprint density at radius 3 is 2.82 bits per heavy atom. The normalized spacial score (nSPS) is 10.1. The smallest absolute Gasteiger partial charge is 0.315 e. The lowest BCUT2D eigenvalue weighted by atomic mass is 10.2. The topological polar surface area (TPSA) is 92.8 Å². The number of carbonyl (C=O) groups excluding carboxylic acids is 1. The number of carbonyl (C=O) groups is 1. The molecule has 2 N–H and O–H groups in total. The van der Waals surface area contributed by atoms with Crippen LogP contribution in [-0.2, 0) is 4.79 Å². The van der Waals surface area contributed by atoms with Crippen LogP contribution in [0, 0.1) is 11.3 Å². The van der Waals surface area contributed by atoms with Gasteiger partial charge < -0.3 is 14.9 Å². The van der Waals surface area contributed by atoms with Gasteiger partial charge in [-0.2, -0.15) is 5.26 Å². The lowest BCUT2D eigenvalue weighted by Gasteiger charge is -2.15. The van der Waals surface area contributed by atoms with Gasteiger partial charge in [0.25, 0.3) is 0 Å². The molecule has 0 radical (unpaired) electrons. The highest BCUT2D eigenvalue weighted by Crippen LogP contribution is 2.18. The van der Waals surface area contributed by atoms with E-state index in [4.69, 9.17) is 5.26 Å². The molecule has 0 aliphatic rings. The third kappa shape index (κ3) is 2.03. The summed E-state index contributed by atoms with van der Waals surface area (Å²) >= 11 is 0. The number of aromatic amines is 2. The molecule has 1 amide bonds. The predicted octanol–water partition coefficient (Wildman–Crippen LogP) is 0.733. The quantitative estimate of drug-likeness (QED) is 0.796. The third-order valence-electron chi connectivity index (χ3n) is 2.49. The van der Waals surface area contributed by atoms with E-state index in [1.807, 2.05) is 0 Å².